The zero-order chi connectivity index (χ0) is 38.1. The minimum Gasteiger partial charge on any atom is -0.493 e. The highest BCUT2D eigenvalue weighted by atomic mass is 16.7. The molecular formula is C48H50O7. The van der Waals surface area contributed by atoms with E-state index in [0.29, 0.717) is 28.7 Å². The molecule has 0 spiro atoms. The highest BCUT2D eigenvalue weighted by Crippen LogP contribution is 2.47. The smallest absolute Gasteiger partial charge is 0.493 e. The number of benzene rings is 5. The summed E-state index contributed by atoms with van der Waals surface area (Å²) in [6, 6.07) is 39.6. The molecule has 2 fully saturated rings. The topological polar surface area (TPSA) is 80.3 Å². The second-order valence-electron chi connectivity index (χ2n) is 14.9. The molecule has 0 bridgehead atoms. The standard InChI is InChI=1S/C48H50O7/c1-3-13-35-16-29-43(44(34-35)51-2)55-46(50)54-42-27-21-39(22-28-42)48(32-11-6-12-33-48)38-19-25-41(26-20-38)53-45(49)52-40-23-17-37(18-24-40)47(30-9-5-10-31-47)36-14-7-4-8-15-36/h4,7-8,14-29,34H,3,5-6,9-13,30-33H2,1-2H3. The first-order valence-corrected chi connectivity index (χ1v) is 19.7. The molecule has 7 nitrogen and oxygen atoms in total. The molecule has 7 rings (SSSR count). The van der Waals surface area contributed by atoms with E-state index in [1.165, 1.54) is 36.8 Å². The maximum atomic E-state index is 12.9. The number of aryl methyl sites for hydroxylation is 1. The summed E-state index contributed by atoms with van der Waals surface area (Å²) < 4.78 is 27.7. The fraction of sp³-hybridized carbons (Fsp3) is 0.333. The van der Waals surface area contributed by atoms with Crippen molar-refractivity contribution in [3.05, 3.63) is 149 Å². The molecular weight excluding hydrogens is 689 g/mol. The molecule has 0 aliphatic heterocycles. The molecule has 2 aliphatic carbocycles. The molecule has 7 heteroatoms. The predicted octanol–water partition coefficient (Wildman–Crippen LogP) is 12.3. The summed E-state index contributed by atoms with van der Waals surface area (Å²) in [5.74, 6) is 2.06. The summed E-state index contributed by atoms with van der Waals surface area (Å²) >= 11 is 0. The Balaban J connectivity index is 0.989. The summed E-state index contributed by atoms with van der Waals surface area (Å²) in [5, 5.41) is 0. The third-order valence-corrected chi connectivity index (χ3v) is 11.5. The van der Waals surface area contributed by atoms with Gasteiger partial charge in [0.2, 0.25) is 0 Å². The van der Waals surface area contributed by atoms with Crippen LogP contribution in [0.2, 0.25) is 0 Å². The number of carbonyl (C=O) groups is 2. The van der Waals surface area contributed by atoms with Gasteiger partial charge in [-0.05, 0) is 108 Å². The molecule has 0 atom stereocenters. The van der Waals surface area contributed by atoms with E-state index < -0.39 is 12.3 Å². The lowest BCUT2D eigenvalue weighted by atomic mass is 9.65. The van der Waals surface area contributed by atoms with Crippen molar-refractivity contribution in [2.45, 2.75) is 94.8 Å². The minimum absolute atomic E-state index is 0.0177. The highest BCUT2D eigenvalue weighted by molar-refractivity contribution is 5.69. The Hall–Kier alpha value is -5.56. The van der Waals surface area contributed by atoms with Crippen LogP contribution in [0, 0.1) is 0 Å². The van der Waals surface area contributed by atoms with Crippen LogP contribution in [0.25, 0.3) is 0 Å². The third kappa shape index (κ3) is 8.57. The maximum Gasteiger partial charge on any atom is 0.519 e. The normalized spacial score (nSPS) is 16.0. The Morgan fingerprint density at radius 1 is 0.491 bits per heavy atom. The summed E-state index contributed by atoms with van der Waals surface area (Å²) in [6.45, 7) is 2.11. The Morgan fingerprint density at radius 3 is 1.33 bits per heavy atom. The molecule has 0 N–H and O–H groups in total. The van der Waals surface area contributed by atoms with Crippen molar-refractivity contribution in [1.82, 2.24) is 0 Å². The van der Waals surface area contributed by atoms with Crippen molar-refractivity contribution >= 4 is 12.3 Å². The summed E-state index contributed by atoms with van der Waals surface area (Å²) in [4.78, 5) is 25.6. The van der Waals surface area contributed by atoms with Crippen molar-refractivity contribution in [1.29, 1.82) is 0 Å². The van der Waals surface area contributed by atoms with E-state index in [1.54, 1.807) is 13.2 Å². The SMILES string of the molecule is CCCc1ccc(OC(=O)Oc2ccc(C3(c4ccc(OC(=O)Oc5ccc(C6(c7ccccc7)CCCCC6)cc5)cc4)CCCCC3)cc2)c(OC)c1. The van der Waals surface area contributed by atoms with Gasteiger partial charge in [0, 0.05) is 10.8 Å². The van der Waals surface area contributed by atoms with Gasteiger partial charge in [0.15, 0.2) is 11.5 Å². The van der Waals surface area contributed by atoms with Gasteiger partial charge < -0.3 is 23.7 Å². The second-order valence-corrected chi connectivity index (χ2v) is 14.9. The Labute approximate surface area is 324 Å². The first kappa shape index (κ1) is 37.7. The molecule has 0 heterocycles. The van der Waals surface area contributed by atoms with Crippen molar-refractivity contribution in [2.24, 2.45) is 0 Å². The molecule has 2 saturated carbocycles. The molecule has 55 heavy (non-hydrogen) atoms. The van der Waals surface area contributed by atoms with E-state index in [0.717, 1.165) is 68.1 Å². The van der Waals surface area contributed by atoms with Gasteiger partial charge in [-0.2, -0.15) is 0 Å². The minimum atomic E-state index is -0.830. The first-order valence-electron chi connectivity index (χ1n) is 19.7. The van der Waals surface area contributed by atoms with E-state index in [-0.39, 0.29) is 10.8 Å². The van der Waals surface area contributed by atoms with Crippen LogP contribution in [0.3, 0.4) is 0 Å². The van der Waals surface area contributed by atoms with Gasteiger partial charge in [-0.25, -0.2) is 9.59 Å². The van der Waals surface area contributed by atoms with Crippen LogP contribution in [0.1, 0.15) is 105 Å². The average Bonchev–Trinajstić information content (AvgIpc) is 3.23. The number of methoxy groups -OCH3 is 1. The van der Waals surface area contributed by atoms with Crippen molar-refractivity contribution in [3.8, 4) is 28.7 Å². The van der Waals surface area contributed by atoms with Crippen LogP contribution in [-0.2, 0) is 17.3 Å². The molecule has 5 aromatic rings. The van der Waals surface area contributed by atoms with E-state index in [2.05, 4.69) is 49.4 Å². The predicted molar refractivity (Wildman–Crippen MR) is 214 cm³/mol. The molecule has 284 valence electrons. The van der Waals surface area contributed by atoms with Crippen LogP contribution in [0.5, 0.6) is 28.7 Å². The fourth-order valence-electron chi connectivity index (χ4n) is 8.74. The number of carbonyl (C=O) groups excluding carboxylic acids is 2. The van der Waals surface area contributed by atoms with Gasteiger partial charge in [0.05, 0.1) is 7.11 Å². The van der Waals surface area contributed by atoms with Crippen LogP contribution in [0.4, 0.5) is 9.59 Å². The Morgan fingerprint density at radius 2 is 0.909 bits per heavy atom. The zero-order valence-electron chi connectivity index (χ0n) is 31.9. The van der Waals surface area contributed by atoms with Crippen molar-refractivity contribution in [2.75, 3.05) is 7.11 Å². The Kier molecular flexibility index (Phi) is 11.9. The van der Waals surface area contributed by atoms with Gasteiger partial charge in [-0.3, -0.25) is 0 Å². The fourth-order valence-corrected chi connectivity index (χ4v) is 8.74. The van der Waals surface area contributed by atoms with Crippen LogP contribution in [-0.4, -0.2) is 19.4 Å². The van der Waals surface area contributed by atoms with Gasteiger partial charge in [0.1, 0.15) is 17.2 Å². The van der Waals surface area contributed by atoms with Crippen LogP contribution < -0.4 is 23.7 Å². The molecule has 0 saturated heterocycles. The largest absolute Gasteiger partial charge is 0.519 e. The van der Waals surface area contributed by atoms with Crippen molar-refractivity contribution < 1.29 is 33.3 Å². The van der Waals surface area contributed by atoms with Crippen LogP contribution in [0.15, 0.2) is 121 Å². The number of hydrogen-bond donors (Lipinski definition) is 0. The van der Waals surface area contributed by atoms with E-state index >= 15 is 0 Å². The maximum absolute atomic E-state index is 12.9. The molecule has 0 aromatic heterocycles. The van der Waals surface area contributed by atoms with E-state index in [1.807, 2.05) is 72.8 Å². The van der Waals surface area contributed by atoms with Gasteiger partial charge in [0.25, 0.3) is 0 Å². The quantitative estimate of drug-likeness (QED) is 0.0985. The van der Waals surface area contributed by atoms with Gasteiger partial charge in [-0.1, -0.05) is 125 Å². The lowest BCUT2D eigenvalue weighted by Gasteiger charge is -2.38. The second kappa shape index (κ2) is 17.3. The molecule has 2 aliphatic rings. The summed E-state index contributed by atoms with van der Waals surface area (Å²) in [5.41, 5.74) is 5.75. The zero-order valence-corrected chi connectivity index (χ0v) is 31.9. The molecule has 0 unspecified atom stereocenters. The average molecular weight is 739 g/mol. The first-order chi connectivity index (χ1) is 26.9. The third-order valence-electron chi connectivity index (χ3n) is 11.5. The van der Waals surface area contributed by atoms with Crippen molar-refractivity contribution in [3.63, 3.8) is 0 Å². The van der Waals surface area contributed by atoms with E-state index in [9.17, 15) is 9.59 Å². The highest BCUT2D eigenvalue weighted by Gasteiger charge is 2.37. The van der Waals surface area contributed by atoms with Crippen LogP contribution >= 0.6 is 0 Å². The molecule has 0 amide bonds. The number of rotatable bonds is 11. The lowest BCUT2D eigenvalue weighted by molar-refractivity contribution is 0.149. The Bertz CT molecular complexity index is 2020. The summed E-state index contributed by atoms with van der Waals surface area (Å²) in [7, 11) is 1.55. The van der Waals surface area contributed by atoms with Gasteiger partial charge >= 0.3 is 12.3 Å². The van der Waals surface area contributed by atoms with E-state index in [4.69, 9.17) is 23.7 Å². The number of hydrogen-bond acceptors (Lipinski definition) is 7. The number of ether oxygens (including phenoxy) is 5. The molecule has 5 aromatic carbocycles. The van der Waals surface area contributed by atoms with Gasteiger partial charge in [-0.15, -0.1) is 0 Å². The lowest BCUT2D eigenvalue weighted by Crippen LogP contribution is -2.30. The summed E-state index contributed by atoms with van der Waals surface area (Å²) in [6.07, 6.45) is 11.5. The monoisotopic (exact) mass is 738 g/mol. The molecule has 0 radical (unpaired) electrons.